The molecule has 0 heterocycles. The molecule has 0 bridgehead atoms. The van der Waals surface area contributed by atoms with E-state index in [0.717, 1.165) is 0 Å². The molecule has 0 saturated heterocycles. The van der Waals surface area contributed by atoms with E-state index in [-0.39, 0.29) is 35.7 Å². The van der Waals surface area contributed by atoms with E-state index in [1.807, 2.05) is 0 Å². The molecule has 1 N–H and O–H groups in total. The number of benzene rings is 1. The topological polar surface area (TPSA) is 88.5 Å². The van der Waals surface area contributed by atoms with Gasteiger partial charge >= 0.3 is 5.97 Å². The number of sulfone groups is 1. The highest BCUT2D eigenvalue weighted by atomic mass is 32.2. The first kappa shape index (κ1) is 15.4. The Bertz CT molecular complexity index is 557. The van der Waals surface area contributed by atoms with Gasteiger partial charge in [-0.15, -0.1) is 0 Å². The molecule has 0 spiro atoms. The maximum absolute atomic E-state index is 11.7. The Labute approximate surface area is 112 Å². The summed E-state index contributed by atoms with van der Waals surface area (Å²) in [5.74, 6) is -1.10. The molecule has 1 aromatic rings. The van der Waals surface area contributed by atoms with Crippen LogP contribution in [-0.2, 0) is 14.6 Å². The lowest BCUT2D eigenvalue weighted by Crippen LogP contribution is -2.05. The van der Waals surface area contributed by atoms with Crippen LogP contribution in [0.25, 0.3) is 0 Å². The largest absolute Gasteiger partial charge is 0.481 e. The molecule has 0 aliphatic rings. The van der Waals surface area contributed by atoms with E-state index in [0.29, 0.717) is 5.56 Å². The summed E-state index contributed by atoms with van der Waals surface area (Å²) < 4.78 is 23.2. The molecule has 0 atom stereocenters. The molecule has 0 aromatic heterocycles. The monoisotopic (exact) mass is 284 g/mol. The molecule has 19 heavy (non-hydrogen) atoms. The fourth-order valence-corrected chi connectivity index (χ4v) is 2.44. The normalized spacial score (nSPS) is 11.2. The van der Waals surface area contributed by atoms with Crippen molar-refractivity contribution >= 4 is 21.6 Å². The van der Waals surface area contributed by atoms with Crippen LogP contribution in [0, 0.1) is 0 Å². The molecule has 5 nitrogen and oxygen atoms in total. The molecule has 1 rings (SSSR count). The molecule has 0 amide bonds. The van der Waals surface area contributed by atoms with Crippen LogP contribution in [0.2, 0.25) is 0 Å². The van der Waals surface area contributed by atoms with Gasteiger partial charge in [-0.1, -0.05) is 19.1 Å². The van der Waals surface area contributed by atoms with E-state index in [1.165, 1.54) is 24.3 Å². The molecule has 1 aromatic carbocycles. The molecule has 0 aliphatic heterocycles. The van der Waals surface area contributed by atoms with Crippen LogP contribution >= 0.6 is 0 Å². The second kappa shape index (κ2) is 6.47. The number of carbonyl (C=O) groups excluding carboxylic acids is 1. The quantitative estimate of drug-likeness (QED) is 0.773. The van der Waals surface area contributed by atoms with Crippen LogP contribution in [-0.4, -0.2) is 31.0 Å². The van der Waals surface area contributed by atoms with Gasteiger partial charge < -0.3 is 5.11 Å². The van der Waals surface area contributed by atoms with Crippen molar-refractivity contribution in [2.45, 2.75) is 31.1 Å². The van der Waals surface area contributed by atoms with Crippen LogP contribution in [0.5, 0.6) is 0 Å². The van der Waals surface area contributed by atoms with Crippen molar-refractivity contribution in [3.8, 4) is 0 Å². The third-order valence-corrected chi connectivity index (χ3v) is 4.46. The number of Topliss-reactive ketones (excluding diaryl/α,β-unsaturated/α-hetero) is 1. The minimum Gasteiger partial charge on any atom is -0.481 e. The average molecular weight is 284 g/mol. The van der Waals surface area contributed by atoms with Crippen molar-refractivity contribution in [1.82, 2.24) is 0 Å². The predicted molar refractivity (Wildman–Crippen MR) is 70.0 cm³/mol. The zero-order valence-electron chi connectivity index (χ0n) is 10.6. The molecule has 0 aliphatic carbocycles. The Morgan fingerprint density at radius 1 is 1.11 bits per heavy atom. The third-order valence-electron chi connectivity index (χ3n) is 2.71. The summed E-state index contributed by atoms with van der Waals surface area (Å²) in [5, 5.41) is 8.47. The lowest BCUT2D eigenvalue weighted by molar-refractivity contribution is -0.137. The van der Waals surface area contributed by atoms with E-state index < -0.39 is 15.8 Å². The fraction of sp³-hybridized carbons (Fsp3) is 0.385. The van der Waals surface area contributed by atoms with Crippen molar-refractivity contribution in [3.63, 3.8) is 0 Å². The summed E-state index contributed by atoms with van der Waals surface area (Å²) in [6.07, 6.45) is 0.378. The van der Waals surface area contributed by atoms with Gasteiger partial charge in [0.05, 0.1) is 10.6 Å². The number of carboxylic acid groups (broad SMARTS) is 1. The van der Waals surface area contributed by atoms with Gasteiger partial charge in [-0.2, -0.15) is 0 Å². The number of carbonyl (C=O) groups is 2. The minimum atomic E-state index is -3.26. The van der Waals surface area contributed by atoms with Gasteiger partial charge in [-0.25, -0.2) is 8.42 Å². The van der Waals surface area contributed by atoms with Crippen LogP contribution in [0.4, 0.5) is 0 Å². The second-order valence-corrected chi connectivity index (χ2v) is 6.38. The van der Waals surface area contributed by atoms with Gasteiger partial charge in [0.15, 0.2) is 15.6 Å². The number of carboxylic acids is 1. The van der Waals surface area contributed by atoms with Crippen molar-refractivity contribution in [3.05, 3.63) is 29.8 Å². The van der Waals surface area contributed by atoms with Gasteiger partial charge in [0, 0.05) is 18.4 Å². The van der Waals surface area contributed by atoms with Crippen LogP contribution in [0.15, 0.2) is 29.2 Å². The lowest BCUT2D eigenvalue weighted by atomic mass is 10.1. The fourth-order valence-electron chi connectivity index (χ4n) is 1.56. The summed E-state index contributed by atoms with van der Waals surface area (Å²) in [7, 11) is -3.26. The highest BCUT2D eigenvalue weighted by Gasteiger charge is 2.12. The Morgan fingerprint density at radius 2 is 1.68 bits per heavy atom. The number of aliphatic carboxylic acids is 1. The van der Waals surface area contributed by atoms with Gasteiger partial charge in [-0.3, -0.25) is 9.59 Å². The first-order chi connectivity index (χ1) is 8.86. The van der Waals surface area contributed by atoms with Crippen molar-refractivity contribution in [2.24, 2.45) is 0 Å². The van der Waals surface area contributed by atoms with Crippen LogP contribution in [0.3, 0.4) is 0 Å². The maximum Gasteiger partial charge on any atom is 0.303 e. The number of hydrogen-bond acceptors (Lipinski definition) is 4. The first-order valence-electron chi connectivity index (χ1n) is 5.94. The van der Waals surface area contributed by atoms with Crippen molar-refractivity contribution < 1.29 is 23.1 Å². The minimum absolute atomic E-state index is 0.0128. The van der Waals surface area contributed by atoms with E-state index in [4.69, 9.17) is 5.11 Å². The van der Waals surface area contributed by atoms with Gasteiger partial charge in [-0.05, 0) is 18.6 Å². The van der Waals surface area contributed by atoms with E-state index >= 15 is 0 Å². The van der Waals surface area contributed by atoms with E-state index in [1.54, 1.807) is 6.92 Å². The van der Waals surface area contributed by atoms with Gasteiger partial charge in [0.25, 0.3) is 0 Å². The highest BCUT2D eigenvalue weighted by Crippen LogP contribution is 2.14. The number of rotatable bonds is 7. The maximum atomic E-state index is 11.7. The lowest BCUT2D eigenvalue weighted by Gasteiger charge is -2.03. The van der Waals surface area contributed by atoms with Gasteiger partial charge in [0.1, 0.15) is 0 Å². The highest BCUT2D eigenvalue weighted by molar-refractivity contribution is 7.91. The average Bonchev–Trinajstić information content (AvgIpc) is 2.38. The first-order valence-corrected chi connectivity index (χ1v) is 7.60. The smallest absolute Gasteiger partial charge is 0.303 e. The molecule has 0 radical (unpaired) electrons. The molecule has 0 saturated carbocycles. The summed E-state index contributed by atoms with van der Waals surface area (Å²) in [5.41, 5.74) is 0.403. The molecule has 6 heteroatoms. The summed E-state index contributed by atoms with van der Waals surface area (Å²) in [4.78, 5) is 22.2. The second-order valence-electron chi connectivity index (χ2n) is 4.10. The van der Waals surface area contributed by atoms with Crippen molar-refractivity contribution in [1.29, 1.82) is 0 Å². The number of ketones is 1. The van der Waals surface area contributed by atoms with E-state index in [2.05, 4.69) is 0 Å². The Hall–Kier alpha value is -1.69. The number of hydrogen-bond donors (Lipinski definition) is 1. The van der Waals surface area contributed by atoms with Gasteiger partial charge in [0.2, 0.25) is 0 Å². The Kier molecular flexibility index (Phi) is 5.23. The molecular formula is C13H16O5S. The summed E-state index contributed by atoms with van der Waals surface area (Å²) in [6, 6.07) is 5.74. The SMILES string of the molecule is CCS(=O)(=O)c1ccc(C(=O)CCCC(=O)O)cc1. The summed E-state index contributed by atoms with van der Waals surface area (Å²) in [6.45, 7) is 1.56. The standard InChI is InChI=1S/C13H16O5S/c1-2-19(17,18)11-8-6-10(7-9-11)12(14)4-3-5-13(15)16/h6-9H,2-5H2,1H3,(H,15,16). The van der Waals surface area contributed by atoms with E-state index in [9.17, 15) is 18.0 Å². The molecule has 0 unspecified atom stereocenters. The van der Waals surface area contributed by atoms with Crippen LogP contribution in [0.1, 0.15) is 36.5 Å². The zero-order chi connectivity index (χ0) is 14.5. The summed E-state index contributed by atoms with van der Waals surface area (Å²) >= 11 is 0. The van der Waals surface area contributed by atoms with Crippen LogP contribution < -0.4 is 0 Å². The third kappa shape index (κ3) is 4.48. The van der Waals surface area contributed by atoms with Crippen molar-refractivity contribution in [2.75, 3.05) is 5.75 Å². The molecule has 0 fully saturated rings. The molecular weight excluding hydrogens is 268 g/mol. The molecule has 104 valence electrons. The Morgan fingerprint density at radius 3 is 2.16 bits per heavy atom. The zero-order valence-corrected chi connectivity index (χ0v) is 11.4. The Balaban J connectivity index is 2.71. The predicted octanol–water partition coefficient (Wildman–Crippen LogP) is 1.92.